The molecule has 5 nitrogen and oxygen atoms in total. The maximum atomic E-state index is 13.5. The lowest BCUT2D eigenvalue weighted by Gasteiger charge is -2.23. The highest BCUT2D eigenvalue weighted by atomic mass is 32.1. The van der Waals surface area contributed by atoms with E-state index in [4.69, 9.17) is 4.98 Å². The molecule has 0 unspecified atom stereocenters. The molecule has 0 saturated carbocycles. The van der Waals surface area contributed by atoms with Crippen molar-refractivity contribution in [3.8, 4) is 0 Å². The van der Waals surface area contributed by atoms with Crippen molar-refractivity contribution in [2.75, 3.05) is 50.1 Å². The third-order valence-electron chi connectivity index (χ3n) is 5.31. The minimum Gasteiger partial charge on any atom is -0.372 e. The zero-order valence-corrected chi connectivity index (χ0v) is 19.6. The van der Waals surface area contributed by atoms with Crippen LogP contribution >= 0.6 is 11.3 Å². The van der Waals surface area contributed by atoms with Crippen LogP contribution in [-0.2, 0) is 0 Å². The van der Waals surface area contributed by atoms with Crippen LogP contribution in [0.5, 0.6) is 0 Å². The molecule has 30 heavy (non-hydrogen) atoms. The molecule has 0 radical (unpaired) electrons. The Morgan fingerprint density at radius 2 is 1.77 bits per heavy atom. The lowest BCUT2D eigenvalue weighted by Crippen LogP contribution is -3.05. The number of hydrogen-bond donors (Lipinski definition) is 1. The van der Waals surface area contributed by atoms with E-state index < -0.39 is 0 Å². The number of rotatable bonds is 9. The zero-order valence-electron chi connectivity index (χ0n) is 18.7. The van der Waals surface area contributed by atoms with Gasteiger partial charge in [-0.2, -0.15) is 0 Å². The topological polar surface area (TPSA) is 40.9 Å². The minimum atomic E-state index is 0.0191. The number of nitrogens with zero attached hydrogens (tertiary/aromatic N) is 3. The normalized spacial score (nSPS) is 11.3. The Kier molecular flexibility index (Phi) is 7.45. The number of fused-ring (bicyclic) bond motifs is 1. The van der Waals surface area contributed by atoms with E-state index in [1.165, 1.54) is 10.5 Å². The lowest BCUT2D eigenvalue weighted by atomic mass is 10.1. The minimum absolute atomic E-state index is 0.0191. The van der Waals surface area contributed by atoms with E-state index in [1.807, 2.05) is 35.2 Å². The highest BCUT2D eigenvalue weighted by molar-refractivity contribution is 7.22. The van der Waals surface area contributed by atoms with Crippen LogP contribution in [0.1, 0.15) is 36.2 Å². The third kappa shape index (κ3) is 5.18. The number of amides is 1. The summed E-state index contributed by atoms with van der Waals surface area (Å²) in [6, 6.07) is 14.2. The monoisotopic (exact) mass is 425 g/mol. The summed E-state index contributed by atoms with van der Waals surface area (Å²) in [5.41, 5.74) is 4.01. The lowest BCUT2D eigenvalue weighted by molar-refractivity contribution is -0.858. The molecule has 1 N–H and O–H groups in total. The average molecular weight is 426 g/mol. The summed E-state index contributed by atoms with van der Waals surface area (Å²) in [4.78, 5) is 23.8. The summed E-state index contributed by atoms with van der Waals surface area (Å²) >= 11 is 1.60. The first-order valence-corrected chi connectivity index (χ1v) is 11.6. The molecule has 0 bridgehead atoms. The molecule has 0 aliphatic rings. The number of hydrogen-bond acceptors (Lipinski definition) is 4. The molecule has 0 fully saturated rings. The van der Waals surface area contributed by atoms with Crippen LogP contribution in [0.2, 0.25) is 0 Å². The van der Waals surface area contributed by atoms with Gasteiger partial charge in [-0.25, -0.2) is 4.98 Å². The fourth-order valence-electron chi connectivity index (χ4n) is 3.57. The molecule has 160 valence electrons. The summed E-state index contributed by atoms with van der Waals surface area (Å²) < 4.78 is 1.12. The summed E-state index contributed by atoms with van der Waals surface area (Å²) in [7, 11) is 4.27. The first-order chi connectivity index (χ1) is 14.4. The standard InChI is InChI=1S/C24H32N4OS/c1-6-27(7-2)20-12-10-19(11-13-20)23(29)28(16-8-15-26(4)5)24-25-21-14-9-18(3)17-22(21)30-24/h9-14,17H,6-8,15-16H2,1-5H3/p+1. The number of anilines is 2. The number of benzene rings is 2. The molecular formula is C24H33N4OS+. The van der Waals surface area contributed by atoms with Gasteiger partial charge in [0.1, 0.15) is 0 Å². The van der Waals surface area contributed by atoms with Crippen molar-refractivity contribution >= 4 is 38.3 Å². The van der Waals surface area contributed by atoms with Gasteiger partial charge in [0.25, 0.3) is 5.91 Å². The van der Waals surface area contributed by atoms with Gasteiger partial charge in [0.2, 0.25) is 0 Å². The van der Waals surface area contributed by atoms with E-state index in [1.54, 1.807) is 11.3 Å². The van der Waals surface area contributed by atoms with E-state index in [-0.39, 0.29) is 5.91 Å². The zero-order chi connectivity index (χ0) is 21.7. The Balaban J connectivity index is 1.89. The highest BCUT2D eigenvalue weighted by Crippen LogP contribution is 2.30. The molecule has 0 saturated heterocycles. The van der Waals surface area contributed by atoms with Crippen molar-refractivity contribution in [3.63, 3.8) is 0 Å². The quantitative estimate of drug-likeness (QED) is 0.569. The molecule has 0 atom stereocenters. The van der Waals surface area contributed by atoms with Crippen LogP contribution in [0.3, 0.4) is 0 Å². The molecule has 6 heteroatoms. The van der Waals surface area contributed by atoms with Crippen molar-refractivity contribution in [2.24, 2.45) is 0 Å². The second-order valence-electron chi connectivity index (χ2n) is 7.95. The van der Waals surface area contributed by atoms with Crippen LogP contribution in [-0.4, -0.2) is 51.2 Å². The van der Waals surface area contributed by atoms with Gasteiger partial charge in [-0.15, -0.1) is 0 Å². The Labute approximate surface area is 183 Å². The van der Waals surface area contributed by atoms with Gasteiger partial charge >= 0.3 is 0 Å². The second-order valence-corrected chi connectivity index (χ2v) is 8.96. The fourth-order valence-corrected chi connectivity index (χ4v) is 4.66. The molecule has 2 aromatic carbocycles. The Morgan fingerprint density at radius 3 is 2.40 bits per heavy atom. The molecule has 1 aromatic heterocycles. The van der Waals surface area contributed by atoms with Crippen LogP contribution < -0.4 is 14.7 Å². The fraction of sp³-hybridized carbons (Fsp3) is 0.417. The van der Waals surface area contributed by atoms with Crippen LogP contribution in [0.25, 0.3) is 10.2 Å². The predicted octanol–water partition coefficient (Wildman–Crippen LogP) is 3.63. The summed E-state index contributed by atoms with van der Waals surface area (Å²) in [5, 5.41) is 0.780. The number of nitrogens with one attached hydrogen (secondary N) is 1. The first-order valence-electron chi connectivity index (χ1n) is 10.8. The number of carbonyl (C=O) groups excluding carboxylic acids is 1. The van der Waals surface area contributed by atoms with E-state index in [0.29, 0.717) is 12.1 Å². The van der Waals surface area contributed by atoms with E-state index in [9.17, 15) is 4.79 Å². The van der Waals surface area contributed by atoms with Crippen molar-refractivity contribution in [1.29, 1.82) is 0 Å². The molecule has 1 amide bonds. The van der Waals surface area contributed by atoms with Gasteiger partial charge in [-0.1, -0.05) is 17.4 Å². The second kappa shape index (κ2) is 10.0. The van der Waals surface area contributed by atoms with Gasteiger partial charge in [0, 0.05) is 37.3 Å². The Morgan fingerprint density at radius 1 is 1.07 bits per heavy atom. The van der Waals surface area contributed by atoms with Gasteiger partial charge < -0.3 is 9.80 Å². The SMILES string of the molecule is CCN(CC)c1ccc(C(=O)N(CCC[NH+](C)C)c2nc3ccc(C)cc3s2)cc1. The van der Waals surface area contributed by atoms with Crippen molar-refractivity contribution in [1.82, 2.24) is 4.98 Å². The Bertz CT molecular complexity index is 977. The van der Waals surface area contributed by atoms with Crippen LogP contribution in [0, 0.1) is 6.92 Å². The summed E-state index contributed by atoms with van der Waals surface area (Å²) in [5.74, 6) is 0.0191. The largest absolute Gasteiger partial charge is 0.372 e. The molecule has 0 aliphatic heterocycles. The maximum absolute atomic E-state index is 13.5. The average Bonchev–Trinajstić information content (AvgIpc) is 3.14. The van der Waals surface area contributed by atoms with E-state index in [0.717, 1.165) is 47.1 Å². The number of quaternary nitrogens is 1. The summed E-state index contributed by atoms with van der Waals surface area (Å²) in [6.45, 7) is 9.95. The number of aromatic nitrogens is 1. The third-order valence-corrected chi connectivity index (χ3v) is 6.35. The van der Waals surface area contributed by atoms with Gasteiger partial charge in [0.15, 0.2) is 5.13 Å². The first kappa shape index (κ1) is 22.2. The number of thiazole rings is 1. The summed E-state index contributed by atoms with van der Waals surface area (Å²) in [6.07, 6.45) is 0.931. The van der Waals surface area contributed by atoms with Gasteiger partial charge in [-0.05, 0) is 62.7 Å². The predicted molar refractivity (Wildman–Crippen MR) is 128 cm³/mol. The molecule has 0 spiro atoms. The van der Waals surface area contributed by atoms with Crippen molar-refractivity contribution in [2.45, 2.75) is 27.2 Å². The molecule has 0 aliphatic carbocycles. The molecule has 3 aromatic rings. The van der Waals surface area contributed by atoms with Gasteiger partial charge in [-0.3, -0.25) is 9.69 Å². The van der Waals surface area contributed by atoms with Crippen LogP contribution in [0.4, 0.5) is 10.8 Å². The van der Waals surface area contributed by atoms with Crippen molar-refractivity contribution in [3.05, 3.63) is 53.6 Å². The smallest absolute Gasteiger partial charge is 0.260 e. The van der Waals surface area contributed by atoms with Crippen molar-refractivity contribution < 1.29 is 9.69 Å². The molecular weight excluding hydrogens is 392 g/mol. The molecule has 3 rings (SSSR count). The van der Waals surface area contributed by atoms with E-state index in [2.05, 4.69) is 51.9 Å². The maximum Gasteiger partial charge on any atom is 0.260 e. The van der Waals surface area contributed by atoms with E-state index >= 15 is 0 Å². The van der Waals surface area contributed by atoms with Gasteiger partial charge in [0.05, 0.1) is 30.9 Å². The number of aryl methyl sites for hydroxylation is 1. The Hall–Kier alpha value is -2.44. The highest BCUT2D eigenvalue weighted by Gasteiger charge is 2.21. The van der Waals surface area contributed by atoms with Crippen LogP contribution in [0.15, 0.2) is 42.5 Å². The number of carbonyl (C=O) groups is 1. The molecule has 1 heterocycles.